The number of rotatable bonds is 7. The van der Waals surface area contributed by atoms with Crippen molar-refractivity contribution in [1.82, 2.24) is 15.0 Å². The van der Waals surface area contributed by atoms with Crippen molar-refractivity contribution in [3.8, 4) is 45.3 Å². The second-order valence-corrected chi connectivity index (χ2v) is 15.6. The Morgan fingerprint density at radius 1 is 0.306 bits per heavy atom. The largest absolute Gasteiger partial charge is 0.456 e. The van der Waals surface area contributed by atoms with Crippen molar-refractivity contribution in [3.63, 3.8) is 0 Å². The second-order valence-electron chi connectivity index (χ2n) is 15.6. The quantitative estimate of drug-likeness (QED) is 0.150. The van der Waals surface area contributed by atoms with E-state index in [-0.39, 0.29) is 0 Å². The van der Waals surface area contributed by atoms with Crippen LogP contribution < -0.4 is 4.90 Å². The van der Waals surface area contributed by atoms with E-state index in [4.69, 9.17) is 19.4 Å². The number of benzene rings is 10. The van der Waals surface area contributed by atoms with Gasteiger partial charge in [0.15, 0.2) is 17.5 Å². The molecule has 0 fully saturated rings. The summed E-state index contributed by atoms with van der Waals surface area (Å²) >= 11 is 0. The molecule has 2 aromatic heterocycles. The Kier molecular flexibility index (Phi) is 8.42. The van der Waals surface area contributed by atoms with Gasteiger partial charge in [0.05, 0.1) is 5.69 Å². The third-order valence-electron chi connectivity index (χ3n) is 11.9. The van der Waals surface area contributed by atoms with Crippen LogP contribution in [0.1, 0.15) is 0 Å². The molecule has 0 amide bonds. The predicted octanol–water partition coefficient (Wildman–Crippen LogP) is 15.4. The van der Waals surface area contributed by atoms with Crippen molar-refractivity contribution in [3.05, 3.63) is 218 Å². The van der Waals surface area contributed by atoms with Crippen molar-refractivity contribution >= 4 is 71.3 Å². The number of aromatic nitrogens is 3. The molecular weight excluding hydrogens is 757 g/mol. The minimum absolute atomic E-state index is 0.559. The molecule has 62 heavy (non-hydrogen) atoms. The Bertz CT molecular complexity index is 3620. The van der Waals surface area contributed by atoms with Crippen LogP contribution in [0.25, 0.3) is 99.5 Å². The molecule has 0 saturated carbocycles. The molecule has 12 aromatic rings. The van der Waals surface area contributed by atoms with Gasteiger partial charge in [-0.05, 0) is 85.9 Å². The summed E-state index contributed by atoms with van der Waals surface area (Å²) in [6.07, 6.45) is 0. The standard InChI is InChI=1S/C57H36N4O/c1-4-14-37(15-5-1)38-26-30-44(31-27-38)61(43-19-8-3-9-20-43)45-35-51(54-49-22-12-13-23-52(49)62-53(54)36-45)57-59-55(41-17-6-2-7-18-41)58-56(60-57)42-25-24-40-29-32-47-46-21-11-10-16-39(46)28-33-48(47)50(40)34-42/h1-36H. The van der Waals surface area contributed by atoms with Gasteiger partial charge < -0.3 is 9.32 Å². The molecule has 0 aliphatic rings. The summed E-state index contributed by atoms with van der Waals surface area (Å²) < 4.78 is 6.71. The van der Waals surface area contributed by atoms with Gasteiger partial charge in [-0.15, -0.1) is 0 Å². The Morgan fingerprint density at radius 3 is 1.60 bits per heavy atom. The van der Waals surface area contributed by atoms with Crippen LogP contribution in [0.2, 0.25) is 0 Å². The smallest absolute Gasteiger partial charge is 0.164 e. The molecule has 290 valence electrons. The van der Waals surface area contributed by atoms with E-state index in [2.05, 4.69) is 181 Å². The van der Waals surface area contributed by atoms with Gasteiger partial charge in [-0.2, -0.15) is 0 Å². The number of hydrogen-bond donors (Lipinski definition) is 0. The Hall–Kier alpha value is -8.41. The van der Waals surface area contributed by atoms with Crippen LogP contribution in [0.3, 0.4) is 0 Å². The molecule has 5 heteroatoms. The molecule has 5 nitrogen and oxygen atoms in total. The molecule has 2 heterocycles. The van der Waals surface area contributed by atoms with Crippen LogP contribution in [0, 0.1) is 0 Å². The molecule has 12 rings (SSSR count). The lowest BCUT2D eigenvalue weighted by atomic mass is 9.96. The number of anilines is 3. The first-order valence-electron chi connectivity index (χ1n) is 20.8. The predicted molar refractivity (Wildman–Crippen MR) is 256 cm³/mol. The SMILES string of the molecule is c1ccc(-c2ccc(N(c3ccccc3)c3cc(-c4nc(-c5ccccc5)nc(-c5ccc6ccc7c8ccccc8ccc7c6c5)n4)c4c(c3)oc3ccccc34)cc2)cc1. The molecule has 0 saturated heterocycles. The van der Waals surface area contributed by atoms with Gasteiger partial charge in [0.2, 0.25) is 0 Å². The Morgan fingerprint density at radius 2 is 0.839 bits per heavy atom. The highest BCUT2D eigenvalue weighted by molar-refractivity contribution is 6.18. The van der Waals surface area contributed by atoms with Gasteiger partial charge in [0.25, 0.3) is 0 Å². The maximum absolute atomic E-state index is 6.71. The van der Waals surface area contributed by atoms with Crippen molar-refractivity contribution in [2.24, 2.45) is 0 Å². The lowest BCUT2D eigenvalue weighted by Crippen LogP contribution is -2.10. The van der Waals surface area contributed by atoms with Crippen LogP contribution >= 0.6 is 0 Å². The summed E-state index contributed by atoms with van der Waals surface area (Å²) in [5.74, 6) is 1.75. The van der Waals surface area contributed by atoms with E-state index in [0.717, 1.165) is 72.0 Å². The normalized spacial score (nSPS) is 11.5. The molecule has 10 aromatic carbocycles. The van der Waals surface area contributed by atoms with E-state index in [0.29, 0.717) is 17.5 Å². The molecule has 0 unspecified atom stereocenters. The number of fused-ring (bicyclic) bond motifs is 8. The summed E-state index contributed by atoms with van der Waals surface area (Å²) in [6.45, 7) is 0. The van der Waals surface area contributed by atoms with Crippen molar-refractivity contribution < 1.29 is 4.42 Å². The summed E-state index contributed by atoms with van der Waals surface area (Å²) in [7, 11) is 0. The molecule has 0 bridgehead atoms. The average molecular weight is 793 g/mol. The fraction of sp³-hybridized carbons (Fsp3) is 0. The van der Waals surface area contributed by atoms with Gasteiger partial charge in [0.1, 0.15) is 11.2 Å². The van der Waals surface area contributed by atoms with Gasteiger partial charge >= 0.3 is 0 Å². The zero-order valence-electron chi connectivity index (χ0n) is 33.5. The van der Waals surface area contributed by atoms with Crippen molar-refractivity contribution in [2.75, 3.05) is 4.90 Å². The number of nitrogens with zero attached hydrogens (tertiary/aromatic N) is 4. The number of furan rings is 1. The first-order chi connectivity index (χ1) is 30.7. The van der Waals surface area contributed by atoms with E-state index < -0.39 is 0 Å². The first kappa shape index (κ1) is 35.5. The van der Waals surface area contributed by atoms with Gasteiger partial charge in [-0.1, -0.05) is 170 Å². The molecule has 0 N–H and O–H groups in total. The van der Waals surface area contributed by atoms with Crippen LogP contribution in [0.5, 0.6) is 0 Å². The van der Waals surface area contributed by atoms with Crippen LogP contribution in [-0.2, 0) is 0 Å². The Balaban J connectivity index is 1.09. The highest BCUT2D eigenvalue weighted by Gasteiger charge is 2.23. The highest BCUT2D eigenvalue weighted by Crippen LogP contribution is 2.44. The van der Waals surface area contributed by atoms with E-state index >= 15 is 0 Å². The van der Waals surface area contributed by atoms with Crippen molar-refractivity contribution in [1.29, 1.82) is 0 Å². The Labute approximate surface area is 357 Å². The van der Waals surface area contributed by atoms with Gasteiger partial charge in [0, 0.05) is 44.9 Å². The van der Waals surface area contributed by atoms with E-state index in [1.54, 1.807) is 0 Å². The summed E-state index contributed by atoms with van der Waals surface area (Å²) in [5, 5.41) is 9.12. The zero-order chi connectivity index (χ0) is 41.0. The third-order valence-corrected chi connectivity index (χ3v) is 11.9. The first-order valence-corrected chi connectivity index (χ1v) is 20.8. The lowest BCUT2D eigenvalue weighted by molar-refractivity contribution is 0.669. The van der Waals surface area contributed by atoms with Gasteiger partial charge in [-0.3, -0.25) is 0 Å². The van der Waals surface area contributed by atoms with Gasteiger partial charge in [-0.25, -0.2) is 15.0 Å². The fourth-order valence-corrected chi connectivity index (χ4v) is 8.90. The third kappa shape index (κ3) is 6.14. The maximum atomic E-state index is 6.71. The average Bonchev–Trinajstić information content (AvgIpc) is 3.73. The molecule has 0 radical (unpaired) electrons. The van der Waals surface area contributed by atoms with Crippen LogP contribution in [-0.4, -0.2) is 15.0 Å². The maximum Gasteiger partial charge on any atom is 0.164 e. The highest BCUT2D eigenvalue weighted by atomic mass is 16.3. The lowest BCUT2D eigenvalue weighted by Gasteiger charge is -2.26. The van der Waals surface area contributed by atoms with E-state index in [1.165, 1.54) is 27.1 Å². The molecule has 0 aliphatic heterocycles. The monoisotopic (exact) mass is 792 g/mol. The summed E-state index contributed by atoms with van der Waals surface area (Å²) in [5.41, 5.74) is 9.46. The minimum Gasteiger partial charge on any atom is -0.456 e. The topological polar surface area (TPSA) is 55.1 Å². The summed E-state index contributed by atoms with van der Waals surface area (Å²) in [6, 6.07) is 76.3. The minimum atomic E-state index is 0.559. The van der Waals surface area contributed by atoms with Crippen LogP contribution in [0.4, 0.5) is 17.1 Å². The van der Waals surface area contributed by atoms with E-state index in [1.807, 2.05) is 42.5 Å². The molecule has 0 atom stereocenters. The second kappa shape index (κ2) is 14.7. The molecule has 0 aliphatic carbocycles. The number of hydrogen-bond acceptors (Lipinski definition) is 5. The molecular formula is C57H36N4O. The van der Waals surface area contributed by atoms with E-state index in [9.17, 15) is 0 Å². The van der Waals surface area contributed by atoms with Crippen molar-refractivity contribution in [2.45, 2.75) is 0 Å². The molecule has 0 spiro atoms. The fourth-order valence-electron chi connectivity index (χ4n) is 8.90. The number of para-hydroxylation sites is 2. The van der Waals surface area contributed by atoms with Crippen LogP contribution in [0.15, 0.2) is 223 Å². The zero-order valence-corrected chi connectivity index (χ0v) is 33.5. The summed E-state index contributed by atoms with van der Waals surface area (Å²) in [4.78, 5) is 18.1.